The summed E-state index contributed by atoms with van der Waals surface area (Å²) in [5, 5.41) is 19.6. The van der Waals surface area contributed by atoms with E-state index in [1.54, 1.807) is 0 Å². The number of likely N-dealkylation sites (N-methyl/N-ethyl adjacent to an activating group) is 1. The first-order chi connectivity index (χ1) is 13.7. The van der Waals surface area contributed by atoms with Gasteiger partial charge in [0.25, 0.3) is 0 Å². The molecule has 1 unspecified atom stereocenters. The van der Waals surface area contributed by atoms with Crippen molar-refractivity contribution in [3.63, 3.8) is 0 Å². The highest BCUT2D eigenvalue weighted by molar-refractivity contribution is 5.29. The highest BCUT2D eigenvalue weighted by Crippen LogP contribution is 2.19. The number of hydrogen-bond donors (Lipinski definition) is 2. The first-order valence-corrected chi connectivity index (χ1v) is 10.2. The van der Waals surface area contributed by atoms with Crippen LogP contribution < -0.4 is 4.74 Å². The lowest BCUT2D eigenvalue weighted by molar-refractivity contribution is 0.0637. The molecule has 5 nitrogen and oxygen atoms in total. The van der Waals surface area contributed by atoms with Gasteiger partial charge in [-0.1, -0.05) is 43.3 Å². The summed E-state index contributed by atoms with van der Waals surface area (Å²) in [4.78, 5) is 4.48. The minimum absolute atomic E-state index is 0.164. The number of benzene rings is 2. The van der Waals surface area contributed by atoms with Crippen molar-refractivity contribution in [1.82, 2.24) is 9.80 Å². The van der Waals surface area contributed by atoms with Crippen LogP contribution in [0.2, 0.25) is 0 Å². The number of β-amino-alcohol motifs (C(OH)–C–C–N with tert-alkyl or cyclic N) is 1. The number of aliphatic hydroxyl groups is 2. The van der Waals surface area contributed by atoms with Gasteiger partial charge in [-0.15, -0.1) is 0 Å². The topological polar surface area (TPSA) is 56.2 Å². The third-order valence-corrected chi connectivity index (χ3v) is 5.29. The van der Waals surface area contributed by atoms with Gasteiger partial charge in [-0.2, -0.15) is 0 Å². The van der Waals surface area contributed by atoms with Gasteiger partial charge in [-0.25, -0.2) is 0 Å². The van der Waals surface area contributed by atoms with Crippen LogP contribution in [0.4, 0.5) is 0 Å². The third-order valence-electron chi connectivity index (χ3n) is 5.29. The van der Waals surface area contributed by atoms with Crippen molar-refractivity contribution in [2.75, 3.05) is 39.4 Å². The zero-order valence-electron chi connectivity index (χ0n) is 16.8. The van der Waals surface area contributed by atoms with E-state index in [0.29, 0.717) is 13.1 Å². The maximum absolute atomic E-state index is 10.4. The molecule has 2 N–H and O–H groups in total. The van der Waals surface area contributed by atoms with Crippen LogP contribution in [0.25, 0.3) is 0 Å². The molecule has 0 aliphatic carbocycles. The van der Waals surface area contributed by atoms with Crippen molar-refractivity contribution in [3.8, 4) is 5.75 Å². The summed E-state index contributed by atoms with van der Waals surface area (Å²) in [5.74, 6) is 0.778. The van der Waals surface area contributed by atoms with Crippen LogP contribution in [-0.4, -0.2) is 65.5 Å². The van der Waals surface area contributed by atoms with Crippen molar-refractivity contribution in [1.29, 1.82) is 0 Å². The van der Waals surface area contributed by atoms with Crippen molar-refractivity contribution in [2.45, 2.75) is 32.5 Å². The maximum Gasteiger partial charge on any atom is 0.119 e. The average molecular weight is 385 g/mol. The van der Waals surface area contributed by atoms with Crippen LogP contribution in [0, 0.1) is 0 Å². The van der Waals surface area contributed by atoms with Crippen LogP contribution in [0.1, 0.15) is 23.6 Å². The minimum Gasteiger partial charge on any atom is -0.491 e. The standard InChI is InChI=1S/C23H32N2O3/c1-2-24(12-13-26)15-19-6-5-9-23(14-19)28-18-22(27)17-25-11-10-20-7-3-4-8-21(20)16-25/h3-9,14,22,26-27H,2,10-13,15-18H2,1H3. The van der Waals surface area contributed by atoms with Gasteiger partial charge < -0.3 is 14.9 Å². The van der Waals surface area contributed by atoms with Crippen LogP contribution >= 0.6 is 0 Å². The van der Waals surface area contributed by atoms with E-state index in [-0.39, 0.29) is 13.2 Å². The maximum atomic E-state index is 10.4. The SMILES string of the molecule is CCN(CCO)Cc1cccc(OCC(O)CN2CCc3ccccc3C2)c1. The van der Waals surface area contributed by atoms with E-state index >= 15 is 0 Å². The zero-order valence-corrected chi connectivity index (χ0v) is 16.8. The Morgan fingerprint density at radius 1 is 1.14 bits per heavy atom. The highest BCUT2D eigenvalue weighted by Gasteiger charge is 2.18. The number of ether oxygens (including phenoxy) is 1. The Morgan fingerprint density at radius 3 is 2.75 bits per heavy atom. The number of hydrogen-bond acceptors (Lipinski definition) is 5. The Hall–Kier alpha value is -1.92. The lowest BCUT2D eigenvalue weighted by Crippen LogP contribution is -2.38. The van der Waals surface area contributed by atoms with Crippen molar-refractivity contribution < 1.29 is 14.9 Å². The zero-order chi connectivity index (χ0) is 19.8. The van der Waals surface area contributed by atoms with Gasteiger partial charge in [0.05, 0.1) is 6.61 Å². The van der Waals surface area contributed by atoms with E-state index in [0.717, 1.165) is 43.9 Å². The van der Waals surface area contributed by atoms with E-state index in [1.807, 2.05) is 18.2 Å². The van der Waals surface area contributed by atoms with Crippen LogP contribution in [-0.2, 0) is 19.5 Å². The molecule has 0 saturated carbocycles. The number of rotatable bonds is 10. The van der Waals surface area contributed by atoms with Crippen molar-refractivity contribution in [3.05, 3.63) is 65.2 Å². The molecule has 1 atom stereocenters. The van der Waals surface area contributed by atoms with E-state index in [2.05, 4.69) is 47.1 Å². The summed E-state index contributed by atoms with van der Waals surface area (Å²) in [7, 11) is 0. The van der Waals surface area contributed by atoms with Gasteiger partial charge >= 0.3 is 0 Å². The van der Waals surface area contributed by atoms with Crippen LogP contribution in [0.15, 0.2) is 48.5 Å². The Kier molecular flexibility index (Phi) is 7.86. The normalized spacial score (nSPS) is 15.4. The lowest BCUT2D eigenvalue weighted by atomic mass is 10.00. The molecule has 28 heavy (non-hydrogen) atoms. The van der Waals surface area contributed by atoms with Gasteiger partial charge in [0, 0.05) is 32.7 Å². The smallest absolute Gasteiger partial charge is 0.119 e. The molecule has 1 aliphatic heterocycles. The van der Waals surface area contributed by atoms with E-state index in [9.17, 15) is 5.11 Å². The Balaban J connectivity index is 1.47. The first-order valence-electron chi connectivity index (χ1n) is 10.2. The van der Waals surface area contributed by atoms with Crippen LogP contribution in [0.5, 0.6) is 5.75 Å². The van der Waals surface area contributed by atoms with Gasteiger partial charge in [-0.3, -0.25) is 9.80 Å². The second kappa shape index (κ2) is 10.6. The second-order valence-corrected chi connectivity index (χ2v) is 7.46. The molecule has 152 valence electrons. The summed E-state index contributed by atoms with van der Waals surface area (Å²) in [6.45, 7) is 7.36. The molecule has 0 spiro atoms. The van der Waals surface area contributed by atoms with E-state index in [4.69, 9.17) is 9.84 Å². The molecule has 2 aromatic rings. The summed E-state index contributed by atoms with van der Waals surface area (Å²) in [5.41, 5.74) is 3.93. The minimum atomic E-state index is -0.518. The molecule has 0 amide bonds. The van der Waals surface area contributed by atoms with Gasteiger partial charge in [0.15, 0.2) is 0 Å². The highest BCUT2D eigenvalue weighted by atomic mass is 16.5. The summed E-state index contributed by atoms with van der Waals surface area (Å²) >= 11 is 0. The fourth-order valence-corrected chi connectivity index (χ4v) is 3.74. The molecular weight excluding hydrogens is 352 g/mol. The lowest BCUT2D eigenvalue weighted by Gasteiger charge is -2.30. The molecular formula is C23H32N2O3. The fraction of sp³-hybridized carbons (Fsp3) is 0.478. The van der Waals surface area contributed by atoms with E-state index < -0.39 is 6.10 Å². The average Bonchev–Trinajstić information content (AvgIpc) is 2.72. The molecule has 1 heterocycles. The molecule has 0 fully saturated rings. The Bertz CT molecular complexity index is 737. The molecule has 5 heteroatoms. The molecule has 2 aromatic carbocycles. The summed E-state index contributed by atoms with van der Waals surface area (Å²) in [6.07, 6.45) is 0.517. The van der Waals surface area contributed by atoms with Crippen molar-refractivity contribution >= 4 is 0 Å². The monoisotopic (exact) mass is 384 g/mol. The summed E-state index contributed by atoms with van der Waals surface area (Å²) < 4.78 is 5.85. The van der Waals surface area contributed by atoms with Gasteiger partial charge in [0.2, 0.25) is 0 Å². The molecule has 0 radical (unpaired) electrons. The second-order valence-electron chi connectivity index (χ2n) is 7.46. The van der Waals surface area contributed by atoms with E-state index in [1.165, 1.54) is 11.1 Å². The molecule has 0 saturated heterocycles. The molecule has 0 bridgehead atoms. The fourth-order valence-electron chi connectivity index (χ4n) is 3.74. The predicted octanol–water partition coefficient (Wildman–Crippen LogP) is 2.30. The Morgan fingerprint density at radius 2 is 1.96 bits per heavy atom. The third kappa shape index (κ3) is 6.04. The van der Waals surface area contributed by atoms with Crippen molar-refractivity contribution in [2.24, 2.45) is 0 Å². The Labute approximate surface area is 168 Å². The number of aliphatic hydroxyl groups excluding tert-OH is 2. The van der Waals surface area contributed by atoms with Gasteiger partial charge in [-0.05, 0) is 41.8 Å². The summed E-state index contributed by atoms with van der Waals surface area (Å²) in [6, 6.07) is 16.5. The number of nitrogens with zero attached hydrogens (tertiary/aromatic N) is 2. The predicted molar refractivity (Wildman–Crippen MR) is 111 cm³/mol. The quantitative estimate of drug-likeness (QED) is 0.658. The molecule has 1 aliphatic rings. The first kappa shape index (κ1) is 20.8. The largest absolute Gasteiger partial charge is 0.491 e. The number of fused-ring (bicyclic) bond motifs is 1. The van der Waals surface area contributed by atoms with Gasteiger partial charge in [0.1, 0.15) is 18.5 Å². The van der Waals surface area contributed by atoms with Crippen LogP contribution in [0.3, 0.4) is 0 Å². The molecule has 3 rings (SSSR count). The molecule has 0 aromatic heterocycles.